The van der Waals surface area contributed by atoms with Crippen molar-refractivity contribution in [2.24, 2.45) is 0 Å². The van der Waals surface area contributed by atoms with Gasteiger partial charge in [0.15, 0.2) is 0 Å². The zero-order chi connectivity index (χ0) is 18.1. The zero-order valence-electron chi connectivity index (χ0n) is 15.2. The highest BCUT2D eigenvalue weighted by molar-refractivity contribution is 5.98. The molecule has 1 aromatic rings. The van der Waals surface area contributed by atoms with Crippen LogP contribution in [0.2, 0.25) is 0 Å². The summed E-state index contributed by atoms with van der Waals surface area (Å²) in [4.78, 5) is 26.4. The SMILES string of the molecule is CCN(CC)CCOc1ccccc1NC(=O)C1CCCCC(=O)N1. The number of rotatable bonds is 8. The molecule has 138 valence electrons. The predicted molar refractivity (Wildman–Crippen MR) is 98.8 cm³/mol. The summed E-state index contributed by atoms with van der Waals surface area (Å²) < 4.78 is 5.86. The lowest BCUT2D eigenvalue weighted by molar-refractivity contribution is -0.126. The predicted octanol–water partition coefficient (Wildman–Crippen LogP) is 2.40. The van der Waals surface area contributed by atoms with Gasteiger partial charge in [-0.15, -0.1) is 0 Å². The van der Waals surface area contributed by atoms with Gasteiger partial charge in [-0.25, -0.2) is 0 Å². The molecule has 0 saturated carbocycles. The number of anilines is 1. The molecule has 25 heavy (non-hydrogen) atoms. The number of hydrogen-bond acceptors (Lipinski definition) is 4. The summed E-state index contributed by atoms with van der Waals surface area (Å²) in [5, 5.41) is 5.70. The first-order chi connectivity index (χ1) is 12.1. The molecule has 1 unspecified atom stereocenters. The lowest BCUT2D eigenvalue weighted by Crippen LogP contribution is -2.42. The molecule has 2 N–H and O–H groups in total. The smallest absolute Gasteiger partial charge is 0.247 e. The van der Waals surface area contributed by atoms with Gasteiger partial charge in [0.05, 0.1) is 5.69 Å². The first-order valence-electron chi connectivity index (χ1n) is 9.18. The number of para-hydroxylation sites is 2. The van der Waals surface area contributed by atoms with Crippen LogP contribution in [0.3, 0.4) is 0 Å². The van der Waals surface area contributed by atoms with E-state index in [-0.39, 0.29) is 11.8 Å². The van der Waals surface area contributed by atoms with Gasteiger partial charge < -0.3 is 20.3 Å². The van der Waals surface area contributed by atoms with Gasteiger partial charge in [-0.1, -0.05) is 32.4 Å². The van der Waals surface area contributed by atoms with Crippen molar-refractivity contribution in [3.63, 3.8) is 0 Å². The molecule has 1 aliphatic rings. The van der Waals surface area contributed by atoms with Crippen molar-refractivity contribution in [2.75, 3.05) is 31.6 Å². The number of benzene rings is 1. The maximum Gasteiger partial charge on any atom is 0.247 e. The number of nitrogens with one attached hydrogen (secondary N) is 2. The Hall–Kier alpha value is -2.08. The summed E-state index contributed by atoms with van der Waals surface area (Å²) in [6, 6.07) is 6.94. The topological polar surface area (TPSA) is 70.7 Å². The minimum atomic E-state index is -0.473. The second-order valence-corrected chi connectivity index (χ2v) is 6.23. The van der Waals surface area contributed by atoms with E-state index in [0.29, 0.717) is 30.9 Å². The molecule has 1 fully saturated rings. The number of ether oxygens (including phenoxy) is 1. The first kappa shape index (κ1) is 19.2. The standard InChI is InChI=1S/C19H29N3O3/c1-3-22(4-2)13-14-25-17-11-7-5-9-15(17)21-19(24)16-10-6-8-12-18(23)20-16/h5,7,9,11,16H,3-4,6,8,10,12-14H2,1-2H3,(H,20,23)(H,21,24). The molecule has 6 nitrogen and oxygen atoms in total. The Morgan fingerprint density at radius 1 is 1.28 bits per heavy atom. The van der Waals surface area contributed by atoms with E-state index < -0.39 is 6.04 Å². The van der Waals surface area contributed by atoms with Gasteiger partial charge in [0.1, 0.15) is 18.4 Å². The third kappa shape index (κ3) is 6.05. The van der Waals surface area contributed by atoms with Crippen LogP contribution in [-0.4, -0.2) is 49.0 Å². The number of carbonyl (C=O) groups is 2. The third-order valence-electron chi connectivity index (χ3n) is 4.50. The van der Waals surface area contributed by atoms with Gasteiger partial charge in [0.2, 0.25) is 11.8 Å². The minimum Gasteiger partial charge on any atom is -0.490 e. The fourth-order valence-corrected chi connectivity index (χ4v) is 2.91. The molecule has 0 bridgehead atoms. The summed E-state index contributed by atoms with van der Waals surface area (Å²) in [5.41, 5.74) is 0.644. The van der Waals surface area contributed by atoms with E-state index in [1.54, 1.807) is 0 Å². The van der Waals surface area contributed by atoms with E-state index in [1.165, 1.54) is 0 Å². The largest absolute Gasteiger partial charge is 0.490 e. The first-order valence-corrected chi connectivity index (χ1v) is 9.18. The molecule has 1 aromatic carbocycles. The molecule has 6 heteroatoms. The van der Waals surface area contributed by atoms with Crippen LogP contribution in [0.15, 0.2) is 24.3 Å². The van der Waals surface area contributed by atoms with Crippen LogP contribution in [0.25, 0.3) is 0 Å². The van der Waals surface area contributed by atoms with E-state index in [4.69, 9.17) is 4.74 Å². The van der Waals surface area contributed by atoms with E-state index in [2.05, 4.69) is 29.4 Å². The average molecular weight is 347 g/mol. The molecule has 2 amide bonds. The highest BCUT2D eigenvalue weighted by atomic mass is 16.5. The van der Waals surface area contributed by atoms with Crippen LogP contribution in [0.5, 0.6) is 5.75 Å². The Morgan fingerprint density at radius 2 is 2.04 bits per heavy atom. The number of carbonyl (C=O) groups excluding carboxylic acids is 2. The minimum absolute atomic E-state index is 0.0543. The van der Waals surface area contributed by atoms with Gasteiger partial charge >= 0.3 is 0 Å². The number of likely N-dealkylation sites (N-methyl/N-ethyl adjacent to an activating group) is 1. The van der Waals surface area contributed by atoms with Crippen LogP contribution in [-0.2, 0) is 9.59 Å². The zero-order valence-corrected chi connectivity index (χ0v) is 15.2. The van der Waals surface area contributed by atoms with Gasteiger partial charge in [0, 0.05) is 13.0 Å². The van der Waals surface area contributed by atoms with Crippen LogP contribution in [0.1, 0.15) is 39.5 Å². The van der Waals surface area contributed by atoms with Crippen molar-refractivity contribution in [2.45, 2.75) is 45.6 Å². The van der Waals surface area contributed by atoms with Gasteiger partial charge in [0.25, 0.3) is 0 Å². The second-order valence-electron chi connectivity index (χ2n) is 6.23. The summed E-state index contributed by atoms with van der Waals surface area (Å²) in [6.07, 6.45) is 2.87. The van der Waals surface area contributed by atoms with Crippen LogP contribution in [0, 0.1) is 0 Å². The highest BCUT2D eigenvalue weighted by Crippen LogP contribution is 2.24. The number of nitrogens with zero attached hydrogens (tertiary/aromatic N) is 1. The second kappa shape index (κ2) is 10.0. The normalized spacial score (nSPS) is 17.7. The van der Waals surface area contributed by atoms with Crippen LogP contribution >= 0.6 is 0 Å². The van der Waals surface area contributed by atoms with Gasteiger partial charge in [-0.3, -0.25) is 9.59 Å². The number of hydrogen-bond donors (Lipinski definition) is 2. The molecule has 2 rings (SSSR count). The van der Waals surface area contributed by atoms with E-state index >= 15 is 0 Å². The Kier molecular flexibility index (Phi) is 7.73. The fourth-order valence-electron chi connectivity index (χ4n) is 2.91. The average Bonchev–Trinajstić information content (AvgIpc) is 2.84. The molecule has 1 atom stereocenters. The fraction of sp³-hybridized carbons (Fsp3) is 0.579. The van der Waals surface area contributed by atoms with Crippen molar-refractivity contribution >= 4 is 17.5 Å². The quantitative estimate of drug-likeness (QED) is 0.758. The Bertz CT molecular complexity index is 573. The van der Waals surface area contributed by atoms with Crippen molar-refractivity contribution in [1.82, 2.24) is 10.2 Å². The molecule has 0 aliphatic carbocycles. The van der Waals surface area contributed by atoms with E-state index in [1.807, 2.05) is 24.3 Å². The van der Waals surface area contributed by atoms with Crippen LogP contribution in [0.4, 0.5) is 5.69 Å². The molecule has 1 saturated heterocycles. The lowest BCUT2D eigenvalue weighted by atomic mass is 10.1. The Labute approximate surface area is 149 Å². The third-order valence-corrected chi connectivity index (χ3v) is 4.50. The Morgan fingerprint density at radius 3 is 2.80 bits per heavy atom. The van der Waals surface area contributed by atoms with E-state index in [9.17, 15) is 9.59 Å². The summed E-state index contributed by atoms with van der Waals surface area (Å²) >= 11 is 0. The van der Waals surface area contributed by atoms with E-state index in [0.717, 1.165) is 32.5 Å². The maximum atomic E-state index is 12.5. The van der Waals surface area contributed by atoms with Gasteiger partial charge in [-0.2, -0.15) is 0 Å². The van der Waals surface area contributed by atoms with Crippen molar-refractivity contribution in [3.05, 3.63) is 24.3 Å². The maximum absolute atomic E-state index is 12.5. The molecule has 1 aliphatic heterocycles. The molecule has 0 spiro atoms. The molecule has 0 aromatic heterocycles. The molecule has 1 heterocycles. The highest BCUT2D eigenvalue weighted by Gasteiger charge is 2.23. The number of amides is 2. The summed E-state index contributed by atoms with van der Waals surface area (Å²) in [7, 11) is 0. The molecule has 0 radical (unpaired) electrons. The van der Waals surface area contributed by atoms with Crippen LogP contribution < -0.4 is 15.4 Å². The lowest BCUT2D eigenvalue weighted by Gasteiger charge is -2.20. The molecular weight excluding hydrogens is 318 g/mol. The molecular formula is C19H29N3O3. The van der Waals surface area contributed by atoms with Crippen molar-refractivity contribution in [1.29, 1.82) is 0 Å². The van der Waals surface area contributed by atoms with Crippen molar-refractivity contribution < 1.29 is 14.3 Å². The van der Waals surface area contributed by atoms with Crippen molar-refractivity contribution in [3.8, 4) is 5.75 Å². The summed E-state index contributed by atoms with van der Waals surface area (Å²) in [5.74, 6) is 0.416. The Balaban J connectivity index is 1.94. The monoisotopic (exact) mass is 347 g/mol. The summed E-state index contributed by atoms with van der Waals surface area (Å²) in [6.45, 7) is 7.62. The van der Waals surface area contributed by atoms with Gasteiger partial charge in [-0.05, 0) is 38.1 Å².